The molecule has 3 amide bonds. The lowest BCUT2D eigenvalue weighted by Crippen LogP contribution is -2.44. The maximum Gasteiger partial charge on any atom is 0.411 e. The molecule has 0 spiro atoms. The van der Waals surface area contributed by atoms with Gasteiger partial charge in [-0.15, -0.1) is 0 Å². The number of aliphatic hydroxyl groups excluding tert-OH is 1. The van der Waals surface area contributed by atoms with Gasteiger partial charge in [0.2, 0.25) is 0 Å². The van der Waals surface area contributed by atoms with E-state index in [-0.39, 0.29) is 50.7 Å². The Morgan fingerprint density at radius 3 is 1.73 bits per heavy atom. The first-order valence-electron chi connectivity index (χ1n) is 18.2. The summed E-state index contributed by atoms with van der Waals surface area (Å²) in [7, 11) is 2.48. The molecule has 4 heterocycles. The number of nitrogens with one attached hydrogen (secondary N) is 1. The maximum atomic E-state index is 13.9. The van der Waals surface area contributed by atoms with Crippen LogP contribution in [0.2, 0.25) is 0 Å². The molecule has 2 N–H and O–H groups in total. The molecule has 4 aliphatic heterocycles. The molecular weight excluding hydrogens is 738 g/mol. The van der Waals surface area contributed by atoms with Gasteiger partial charge in [0.05, 0.1) is 40.0 Å². The van der Waals surface area contributed by atoms with Crippen molar-refractivity contribution < 1.29 is 61.5 Å². The molecule has 6 rings (SSSR count). The number of rotatable bonds is 3. The predicted molar refractivity (Wildman–Crippen MR) is 196 cm³/mol. The Bertz CT molecular complexity index is 1760. The predicted octanol–water partition coefficient (Wildman–Crippen LogP) is 4.79. The molecule has 0 radical (unpaired) electrons. The number of hydrogen-bond donors (Lipinski definition) is 2. The molecule has 4 aliphatic rings. The van der Waals surface area contributed by atoms with E-state index in [1.54, 1.807) is 59.7 Å². The Morgan fingerprint density at radius 2 is 1.21 bits per heavy atom. The number of esters is 2. The molecule has 0 saturated carbocycles. The van der Waals surface area contributed by atoms with Gasteiger partial charge >= 0.3 is 30.2 Å². The van der Waals surface area contributed by atoms with Crippen molar-refractivity contribution in [3.8, 4) is 0 Å². The number of halogens is 2. The van der Waals surface area contributed by atoms with Gasteiger partial charge in [-0.2, -0.15) is 0 Å². The average molecular weight is 791 g/mol. The molecule has 2 saturated heterocycles. The number of carbonyl (C=O) groups excluding carboxylic acids is 5. The van der Waals surface area contributed by atoms with Crippen LogP contribution in [0.25, 0.3) is 0 Å². The molecule has 2 aromatic carbocycles. The van der Waals surface area contributed by atoms with Gasteiger partial charge in [0, 0.05) is 43.6 Å². The fourth-order valence-electron chi connectivity index (χ4n) is 6.48. The van der Waals surface area contributed by atoms with E-state index >= 15 is 0 Å². The first-order valence-corrected chi connectivity index (χ1v) is 18.2. The molecule has 4 atom stereocenters. The Morgan fingerprint density at radius 1 is 0.696 bits per heavy atom. The van der Waals surface area contributed by atoms with E-state index in [1.807, 2.05) is 6.07 Å². The van der Waals surface area contributed by atoms with E-state index in [1.165, 1.54) is 41.1 Å². The van der Waals surface area contributed by atoms with E-state index in [0.29, 0.717) is 12.1 Å². The van der Waals surface area contributed by atoms with E-state index in [9.17, 15) is 37.9 Å². The Balaban J connectivity index is 0.000000215. The van der Waals surface area contributed by atoms with Crippen molar-refractivity contribution in [2.75, 3.05) is 27.3 Å². The Hall–Kier alpha value is -5.03. The van der Waals surface area contributed by atoms with Crippen LogP contribution in [0.1, 0.15) is 76.6 Å². The van der Waals surface area contributed by atoms with Crippen LogP contribution in [0.4, 0.5) is 23.2 Å². The highest BCUT2D eigenvalue weighted by molar-refractivity contribution is 5.83. The smallest absolute Gasteiger partial charge is 0.411 e. The van der Waals surface area contributed by atoms with Crippen molar-refractivity contribution in [3.63, 3.8) is 0 Å². The molecular formula is C39H52F2N4O11. The number of methoxy groups -OCH3 is 2. The Kier molecular flexibility index (Phi) is 14.3. The van der Waals surface area contributed by atoms with Crippen molar-refractivity contribution in [3.05, 3.63) is 70.3 Å². The molecule has 308 valence electrons. The van der Waals surface area contributed by atoms with E-state index in [4.69, 9.17) is 18.9 Å². The first-order chi connectivity index (χ1) is 26.2. The van der Waals surface area contributed by atoms with Crippen LogP contribution in [0, 0.1) is 11.6 Å². The number of nitrogens with zero attached hydrogens (tertiary/aromatic N) is 3. The first kappa shape index (κ1) is 43.7. The summed E-state index contributed by atoms with van der Waals surface area (Å²) >= 11 is 0. The number of likely N-dealkylation sites (tertiary alicyclic amines) is 2. The molecule has 0 bridgehead atoms. The van der Waals surface area contributed by atoms with Gasteiger partial charge in [-0.1, -0.05) is 24.3 Å². The molecule has 0 unspecified atom stereocenters. The fraction of sp³-hybridized carbons (Fsp3) is 0.564. The van der Waals surface area contributed by atoms with Gasteiger partial charge in [0.1, 0.15) is 41.0 Å². The number of carbonyl (C=O) groups is 5. The van der Waals surface area contributed by atoms with Gasteiger partial charge in [0.25, 0.3) is 0 Å². The summed E-state index contributed by atoms with van der Waals surface area (Å²) in [6, 6.07) is 8.26. The molecule has 2 fully saturated rings. The topological polar surface area (TPSA) is 173 Å². The van der Waals surface area contributed by atoms with Crippen LogP contribution in [0.3, 0.4) is 0 Å². The minimum absolute atomic E-state index is 0.00949. The molecule has 15 nitrogen and oxygen atoms in total. The molecule has 17 heteroatoms. The van der Waals surface area contributed by atoms with Crippen molar-refractivity contribution >= 4 is 30.2 Å². The average Bonchev–Trinajstić information content (AvgIpc) is 3.93. The number of ether oxygens (including phenoxy) is 5. The lowest BCUT2D eigenvalue weighted by molar-refractivity contribution is -0.146. The lowest BCUT2D eigenvalue weighted by atomic mass is 10.1. The van der Waals surface area contributed by atoms with Gasteiger partial charge < -0.3 is 34.1 Å². The number of hydrogen-bond acceptors (Lipinski definition) is 12. The summed E-state index contributed by atoms with van der Waals surface area (Å²) in [5.74, 6) is -1.58. The van der Waals surface area contributed by atoms with Crippen molar-refractivity contribution in [2.45, 2.75) is 116 Å². The van der Waals surface area contributed by atoms with Crippen molar-refractivity contribution in [1.82, 2.24) is 20.0 Å². The van der Waals surface area contributed by atoms with Gasteiger partial charge in [-0.3, -0.25) is 14.7 Å². The highest BCUT2D eigenvalue weighted by Gasteiger charge is 2.45. The van der Waals surface area contributed by atoms with Gasteiger partial charge in [0.15, 0.2) is 0 Å². The summed E-state index contributed by atoms with van der Waals surface area (Å²) in [5.41, 5.74) is 1.76. The highest BCUT2D eigenvalue weighted by Crippen LogP contribution is 2.29. The standard InChI is InChI=1S/C20H25FN2O6.C11H19NO5.C8H8FN/c1-20(2,3)29-19(26)23-10-13(8-16(23)17(24)27-4)28-18(25)22-9-12-6-5-7-15(21)14(12)11-22;1-11(2,3)17-10(15)12-6-7(13)5-8(12)9(14)16-4;9-8-3-1-2-6-4-10-5-7(6)8/h5-7,13,16H,8-11H2,1-4H3;7-8,13H,5-6H2,1-4H3;1-3,10H,4-5H2/t13-,16+;7-,8+;/m11./s1. The van der Waals surface area contributed by atoms with Crippen LogP contribution in [0.5, 0.6) is 0 Å². The van der Waals surface area contributed by atoms with E-state index < -0.39 is 65.7 Å². The normalized spacial score (nSPS) is 21.1. The summed E-state index contributed by atoms with van der Waals surface area (Å²) < 4.78 is 52.1. The second kappa shape index (κ2) is 18.3. The van der Waals surface area contributed by atoms with Crippen LogP contribution >= 0.6 is 0 Å². The third kappa shape index (κ3) is 11.5. The van der Waals surface area contributed by atoms with Crippen molar-refractivity contribution in [2.24, 2.45) is 0 Å². The largest absolute Gasteiger partial charge is 0.467 e. The maximum absolute atomic E-state index is 13.9. The number of amides is 3. The lowest BCUT2D eigenvalue weighted by Gasteiger charge is -2.27. The third-order valence-electron chi connectivity index (χ3n) is 9.03. The van der Waals surface area contributed by atoms with E-state index in [0.717, 1.165) is 23.2 Å². The molecule has 56 heavy (non-hydrogen) atoms. The second-order valence-electron chi connectivity index (χ2n) is 15.7. The van der Waals surface area contributed by atoms with Gasteiger partial charge in [-0.25, -0.2) is 32.8 Å². The van der Waals surface area contributed by atoms with Gasteiger partial charge in [-0.05, 0) is 64.8 Å². The number of fused-ring (bicyclic) bond motifs is 2. The van der Waals surface area contributed by atoms with E-state index in [2.05, 4.69) is 10.1 Å². The minimum atomic E-state index is -0.902. The monoisotopic (exact) mass is 790 g/mol. The zero-order chi connectivity index (χ0) is 41.5. The molecule has 0 aliphatic carbocycles. The van der Waals surface area contributed by atoms with Crippen LogP contribution in [0.15, 0.2) is 36.4 Å². The minimum Gasteiger partial charge on any atom is -0.467 e. The summed E-state index contributed by atoms with van der Waals surface area (Å²) in [4.78, 5) is 64.2. The molecule has 2 aromatic rings. The molecule has 0 aromatic heterocycles. The summed E-state index contributed by atoms with van der Waals surface area (Å²) in [5, 5.41) is 12.6. The van der Waals surface area contributed by atoms with Crippen molar-refractivity contribution in [1.29, 1.82) is 0 Å². The SMILES string of the molecule is COC(=O)[C@@H]1C[C@@H](O)CN1C(=O)OC(C)(C)C.COC(=O)[C@@H]1C[C@@H](OC(=O)N2Cc3cccc(F)c3C2)CN1C(=O)OC(C)(C)C.Fc1cccc2c1CNC2. The number of β-amino-alcohol motifs (C(OH)–C–C–N with tert-alkyl or cyclic N) is 1. The van der Waals surface area contributed by atoms with Crippen LogP contribution < -0.4 is 5.32 Å². The Labute approximate surface area is 325 Å². The number of benzene rings is 2. The quantitative estimate of drug-likeness (QED) is 0.322. The van der Waals surface area contributed by atoms with Crippen LogP contribution in [-0.2, 0) is 59.5 Å². The highest BCUT2D eigenvalue weighted by atomic mass is 19.1. The number of aliphatic hydroxyl groups is 1. The zero-order valence-electron chi connectivity index (χ0n) is 33.1. The summed E-state index contributed by atoms with van der Waals surface area (Å²) in [6.07, 6.45) is -3.04. The second-order valence-corrected chi connectivity index (χ2v) is 15.7. The summed E-state index contributed by atoms with van der Waals surface area (Å²) in [6.45, 7) is 12.3. The van der Waals surface area contributed by atoms with Crippen LogP contribution in [-0.4, -0.2) is 113 Å². The third-order valence-corrected chi connectivity index (χ3v) is 9.03. The zero-order valence-corrected chi connectivity index (χ0v) is 33.1. The fourth-order valence-corrected chi connectivity index (χ4v) is 6.48.